The van der Waals surface area contributed by atoms with Crippen molar-refractivity contribution >= 4 is 23.8 Å². The summed E-state index contributed by atoms with van der Waals surface area (Å²) in [7, 11) is 0. The lowest BCUT2D eigenvalue weighted by molar-refractivity contribution is -0.149. The number of amides is 4. The Morgan fingerprint density at radius 1 is 1.26 bits per heavy atom. The average Bonchev–Trinajstić information content (AvgIpc) is 2.52. The molecule has 2 aliphatic heterocycles. The molecule has 1 N–H and O–H groups in total. The van der Waals surface area contributed by atoms with Gasteiger partial charge in [-0.05, 0) is 26.7 Å². The maximum atomic E-state index is 12.2. The molecule has 2 heterocycles. The summed E-state index contributed by atoms with van der Waals surface area (Å²) >= 11 is 0. The Kier molecular flexibility index (Phi) is 5.36. The molecule has 0 aromatic carbocycles. The first-order valence-corrected chi connectivity index (χ1v) is 7.77. The molecule has 0 unspecified atom stereocenters. The number of barbiturate groups is 1. The zero-order valence-corrected chi connectivity index (χ0v) is 13.3. The van der Waals surface area contributed by atoms with Crippen LogP contribution in [0.15, 0.2) is 11.8 Å². The summed E-state index contributed by atoms with van der Waals surface area (Å²) < 4.78 is 5.01. The van der Waals surface area contributed by atoms with Crippen molar-refractivity contribution in [2.45, 2.75) is 26.7 Å². The molecular formula is C15H21N3O5. The monoisotopic (exact) mass is 323 g/mol. The number of urea groups is 1. The van der Waals surface area contributed by atoms with Gasteiger partial charge in [-0.1, -0.05) is 0 Å². The van der Waals surface area contributed by atoms with E-state index in [9.17, 15) is 19.2 Å². The summed E-state index contributed by atoms with van der Waals surface area (Å²) in [5.74, 6) is -1.62. The molecule has 4 amide bonds. The summed E-state index contributed by atoms with van der Waals surface area (Å²) in [5, 5.41) is 2.15. The normalized spacial score (nSPS) is 21.7. The first-order chi connectivity index (χ1) is 11.0. The predicted octanol–water partition coefficient (Wildman–Crippen LogP) is 0.244. The third kappa shape index (κ3) is 3.69. The van der Waals surface area contributed by atoms with E-state index in [0.717, 1.165) is 4.90 Å². The quantitative estimate of drug-likeness (QED) is 0.452. The number of hydrogen-bond acceptors (Lipinski definition) is 6. The Bertz CT molecular complexity index is 549. The average molecular weight is 323 g/mol. The van der Waals surface area contributed by atoms with E-state index in [2.05, 4.69) is 5.32 Å². The van der Waals surface area contributed by atoms with Gasteiger partial charge in [-0.25, -0.2) is 4.79 Å². The number of imide groups is 2. The Labute approximate surface area is 134 Å². The molecule has 8 heteroatoms. The highest BCUT2D eigenvalue weighted by atomic mass is 16.5. The van der Waals surface area contributed by atoms with Crippen LogP contribution in [0.3, 0.4) is 0 Å². The maximum absolute atomic E-state index is 12.2. The Morgan fingerprint density at radius 2 is 1.91 bits per heavy atom. The minimum absolute atomic E-state index is 0.0546. The van der Waals surface area contributed by atoms with Crippen molar-refractivity contribution in [3.8, 4) is 0 Å². The van der Waals surface area contributed by atoms with Crippen molar-refractivity contribution < 1.29 is 23.9 Å². The molecular weight excluding hydrogens is 302 g/mol. The lowest BCUT2D eigenvalue weighted by Gasteiger charge is -2.31. The third-order valence-electron chi connectivity index (χ3n) is 3.96. The second-order valence-corrected chi connectivity index (χ2v) is 5.41. The van der Waals surface area contributed by atoms with Gasteiger partial charge < -0.3 is 9.64 Å². The van der Waals surface area contributed by atoms with E-state index in [4.69, 9.17) is 4.74 Å². The van der Waals surface area contributed by atoms with Crippen LogP contribution >= 0.6 is 0 Å². The fourth-order valence-electron chi connectivity index (χ4n) is 2.67. The molecule has 0 atom stereocenters. The van der Waals surface area contributed by atoms with Crippen LogP contribution < -0.4 is 5.32 Å². The molecule has 0 spiro atoms. The second kappa shape index (κ2) is 7.26. The number of ether oxygens (including phenoxy) is 1. The van der Waals surface area contributed by atoms with Crippen molar-refractivity contribution in [3.63, 3.8) is 0 Å². The van der Waals surface area contributed by atoms with Crippen molar-refractivity contribution in [1.82, 2.24) is 15.1 Å². The van der Waals surface area contributed by atoms with Gasteiger partial charge in [-0.2, -0.15) is 0 Å². The lowest BCUT2D eigenvalue weighted by Crippen LogP contribution is -2.54. The lowest BCUT2D eigenvalue weighted by atomic mass is 9.97. The van der Waals surface area contributed by atoms with Crippen molar-refractivity contribution in [2.75, 3.05) is 26.2 Å². The Morgan fingerprint density at radius 3 is 2.48 bits per heavy atom. The van der Waals surface area contributed by atoms with E-state index in [1.54, 1.807) is 13.8 Å². The number of nitrogens with one attached hydrogen (secondary N) is 1. The molecule has 0 saturated carbocycles. The van der Waals surface area contributed by atoms with Crippen LogP contribution in [0.1, 0.15) is 26.7 Å². The molecule has 2 aliphatic rings. The van der Waals surface area contributed by atoms with Gasteiger partial charge in [0.25, 0.3) is 11.8 Å². The molecule has 0 aromatic heterocycles. The summed E-state index contributed by atoms with van der Waals surface area (Å²) in [4.78, 5) is 50.1. The van der Waals surface area contributed by atoms with E-state index in [1.807, 2.05) is 4.90 Å². The van der Waals surface area contributed by atoms with Gasteiger partial charge in [0.05, 0.1) is 12.5 Å². The van der Waals surface area contributed by atoms with Gasteiger partial charge in [-0.3, -0.25) is 24.6 Å². The summed E-state index contributed by atoms with van der Waals surface area (Å²) in [5.41, 5.74) is -0.0546. The highest BCUT2D eigenvalue weighted by molar-refractivity contribution is 6.28. The van der Waals surface area contributed by atoms with Crippen LogP contribution in [0.4, 0.5) is 4.79 Å². The van der Waals surface area contributed by atoms with Crippen LogP contribution in [0, 0.1) is 5.92 Å². The molecule has 23 heavy (non-hydrogen) atoms. The minimum atomic E-state index is -0.694. The highest BCUT2D eigenvalue weighted by Gasteiger charge is 2.35. The van der Waals surface area contributed by atoms with Gasteiger partial charge >= 0.3 is 12.0 Å². The summed E-state index contributed by atoms with van der Waals surface area (Å²) in [6, 6.07) is -0.694. The SMILES string of the molecule is CCOC(=O)C1CCN(/C=C2/C(=O)NC(=O)N(CC)C2=O)CC1. The summed E-state index contributed by atoms with van der Waals surface area (Å²) in [6.45, 7) is 5.08. The van der Waals surface area contributed by atoms with Crippen LogP contribution in [-0.2, 0) is 19.1 Å². The molecule has 0 bridgehead atoms. The zero-order chi connectivity index (χ0) is 17.0. The van der Waals surface area contributed by atoms with Crippen molar-refractivity contribution in [2.24, 2.45) is 5.92 Å². The number of likely N-dealkylation sites (N-methyl/N-ethyl adjacent to an activating group) is 1. The first-order valence-electron chi connectivity index (χ1n) is 7.77. The van der Waals surface area contributed by atoms with E-state index in [1.165, 1.54) is 6.20 Å². The van der Waals surface area contributed by atoms with Gasteiger partial charge in [0.1, 0.15) is 5.57 Å². The topological polar surface area (TPSA) is 96.0 Å². The van der Waals surface area contributed by atoms with E-state index in [-0.39, 0.29) is 24.0 Å². The van der Waals surface area contributed by atoms with Gasteiger partial charge in [0.2, 0.25) is 0 Å². The van der Waals surface area contributed by atoms with E-state index >= 15 is 0 Å². The minimum Gasteiger partial charge on any atom is -0.466 e. The van der Waals surface area contributed by atoms with Crippen LogP contribution in [0.25, 0.3) is 0 Å². The predicted molar refractivity (Wildman–Crippen MR) is 79.9 cm³/mol. The fourth-order valence-corrected chi connectivity index (χ4v) is 2.67. The second-order valence-electron chi connectivity index (χ2n) is 5.41. The molecule has 2 rings (SSSR count). The van der Waals surface area contributed by atoms with Crippen LogP contribution in [-0.4, -0.2) is 59.9 Å². The van der Waals surface area contributed by atoms with E-state index < -0.39 is 17.8 Å². The smallest absolute Gasteiger partial charge is 0.331 e. The standard InChI is InChI=1S/C15H21N3O5/c1-3-18-13(20)11(12(19)16-15(18)22)9-17-7-5-10(6-8-17)14(21)23-4-2/h9-10H,3-8H2,1-2H3,(H,16,19,22)/b11-9-. The number of piperidine rings is 1. The Hall–Kier alpha value is -2.38. The molecule has 2 saturated heterocycles. The van der Waals surface area contributed by atoms with E-state index in [0.29, 0.717) is 32.5 Å². The van der Waals surface area contributed by atoms with Crippen molar-refractivity contribution in [3.05, 3.63) is 11.8 Å². The fraction of sp³-hybridized carbons (Fsp3) is 0.600. The number of hydrogen-bond donors (Lipinski definition) is 1. The first kappa shape index (κ1) is 17.0. The number of esters is 1. The molecule has 0 radical (unpaired) electrons. The molecule has 0 aromatic rings. The Balaban J connectivity index is 2.02. The number of carbonyl (C=O) groups excluding carboxylic acids is 4. The van der Waals surface area contributed by atoms with Crippen LogP contribution in [0.2, 0.25) is 0 Å². The van der Waals surface area contributed by atoms with Gasteiger partial charge in [0, 0.05) is 25.8 Å². The molecule has 126 valence electrons. The molecule has 2 fully saturated rings. The highest BCUT2D eigenvalue weighted by Crippen LogP contribution is 2.20. The number of likely N-dealkylation sites (tertiary alicyclic amines) is 1. The van der Waals surface area contributed by atoms with Crippen molar-refractivity contribution in [1.29, 1.82) is 0 Å². The maximum Gasteiger partial charge on any atom is 0.331 e. The number of rotatable bonds is 4. The third-order valence-corrected chi connectivity index (χ3v) is 3.96. The molecule has 0 aliphatic carbocycles. The van der Waals surface area contributed by atoms with Gasteiger partial charge in [-0.15, -0.1) is 0 Å². The largest absolute Gasteiger partial charge is 0.466 e. The van der Waals surface area contributed by atoms with Gasteiger partial charge in [0.15, 0.2) is 0 Å². The number of carbonyl (C=O) groups is 4. The van der Waals surface area contributed by atoms with Crippen LogP contribution in [0.5, 0.6) is 0 Å². The zero-order valence-electron chi connectivity index (χ0n) is 13.3. The number of nitrogens with zero attached hydrogens (tertiary/aromatic N) is 2. The summed E-state index contributed by atoms with van der Waals surface area (Å²) in [6.07, 6.45) is 2.69. The molecule has 8 nitrogen and oxygen atoms in total.